The van der Waals surface area contributed by atoms with Crippen molar-refractivity contribution in [3.05, 3.63) is 0 Å². The molecule has 0 aromatic carbocycles. The van der Waals surface area contributed by atoms with E-state index >= 15 is 0 Å². The van der Waals surface area contributed by atoms with E-state index in [1.165, 1.54) is 0 Å². The fourth-order valence-electron chi connectivity index (χ4n) is 0.527. The predicted molar refractivity (Wildman–Crippen MR) is 38.0 cm³/mol. The van der Waals surface area contributed by atoms with Gasteiger partial charge in [-0.3, -0.25) is 0 Å². The number of rotatable bonds is 2. The van der Waals surface area contributed by atoms with Crippen molar-refractivity contribution >= 4 is 0 Å². The summed E-state index contributed by atoms with van der Waals surface area (Å²) in [7, 11) is 0. The Morgan fingerprint density at radius 1 is 0.765 bits per heavy atom. The van der Waals surface area contributed by atoms with Crippen LogP contribution in [0.5, 0.6) is 0 Å². The SMILES string of the molecule is CC(F)(F)CC(F)(F)F.FC(F)CC(F)(F)F. The summed E-state index contributed by atoms with van der Waals surface area (Å²) >= 11 is 0. The number of halogens is 10. The van der Waals surface area contributed by atoms with E-state index < -0.39 is 37.5 Å². The van der Waals surface area contributed by atoms with E-state index in [0.717, 1.165) is 0 Å². The molecule has 0 aromatic rings. The van der Waals surface area contributed by atoms with Crippen LogP contribution < -0.4 is 0 Å². The lowest BCUT2D eigenvalue weighted by Gasteiger charge is -2.11. The van der Waals surface area contributed by atoms with Gasteiger partial charge in [-0.15, -0.1) is 0 Å². The second-order valence-corrected chi connectivity index (χ2v) is 3.07. The van der Waals surface area contributed by atoms with Crippen molar-refractivity contribution in [2.75, 3.05) is 0 Å². The van der Waals surface area contributed by atoms with E-state index in [0.29, 0.717) is 0 Å². The highest BCUT2D eigenvalue weighted by molar-refractivity contribution is 4.63. The molecule has 0 aliphatic heterocycles. The minimum atomic E-state index is -4.77. The Kier molecular flexibility index (Phi) is 6.91. The molecule has 0 saturated heterocycles. The van der Waals surface area contributed by atoms with Gasteiger partial charge in [0.1, 0.15) is 12.8 Å². The normalized spacial score (nSPS) is 13.4. The Balaban J connectivity index is 0. The molecule has 0 unspecified atom stereocenters. The fraction of sp³-hybridized carbons (Fsp3) is 1.00. The first kappa shape index (κ1) is 18.7. The molecule has 0 rings (SSSR count). The van der Waals surface area contributed by atoms with Gasteiger partial charge in [0.25, 0.3) is 5.92 Å². The van der Waals surface area contributed by atoms with Crippen molar-refractivity contribution < 1.29 is 43.9 Å². The molecule has 106 valence electrons. The van der Waals surface area contributed by atoms with Crippen molar-refractivity contribution in [1.29, 1.82) is 0 Å². The summed E-state index contributed by atoms with van der Waals surface area (Å²) in [5.74, 6) is -3.64. The maximum absolute atomic E-state index is 11.5. The summed E-state index contributed by atoms with van der Waals surface area (Å²) in [6, 6.07) is 0. The third kappa shape index (κ3) is 25.5. The molecule has 17 heavy (non-hydrogen) atoms. The molecule has 0 amide bonds. The van der Waals surface area contributed by atoms with Gasteiger partial charge in [0.05, 0.1) is 0 Å². The second-order valence-electron chi connectivity index (χ2n) is 3.07. The van der Waals surface area contributed by atoms with Gasteiger partial charge >= 0.3 is 12.4 Å². The van der Waals surface area contributed by atoms with Crippen LogP contribution >= 0.6 is 0 Å². The first-order valence-electron chi connectivity index (χ1n) is 3.92. The zero-order valence-electron chi connectivity index (χ0n) is 8.27. The Morgan fingerprint density at radius 2 is 1.12 bits per heavy atom. The maximum Gasteiger partial charge on any atom is 0.394 e. The number of hydrogen-bond acceptors (Lipinski definition) is 0. The van der Waals surface area contributed by atoms with Crippen molar-refractivity contribution in [2.24, 2.45) is 0 Å². The molecule has 0 atom stereocenters. The van der Waals surface area contributed by atoms with Gasteiger partial charge in [0.2, 0.25) is 6.43 Å². The molecule has 0 aliphatic carbocycles. The smallest absolute Gasteiger partial charge is 0.210 e. The van der Waals surface area contributed by atoms with Gasteiger partial charge in [0.15, 0.2) is 0 Å². The first-order chi connectivity index (χ1) is 7.12. The van der Waals surface area contributed by atoms with E-state index in [1.54, 1.807) is 0 Å². The Bertz CT molecular complexity index is 182. The Morgan fingerprint density at radius 3 is 1.12 bits per heavy atom. The van der Waals surface area contributed by atoms with Gasteiger partial charge in [-0.2, -0.15) is 26.3 Å². The lowest BCUT2D eigenvalue weighted by molar-refractivity contribution is -0.182. The van der Waals surface area contributed by atoms with Crippen LogP contribution in [-0.4, -0.2) is 24.7 Å². The molecule has 0 fully saturated rings. The molecule has 0 radical (unpaired) electrons. The van der Waals surface area contributed by atoms with Crippen LogP contribution in [0.3, 0.4) is 0 Å². The van der Waals surface area contributed by atoms with Crippen molar-refractivity contribution in [3.63, 3.8) is 0 Å². The summed E-state index contributed by atoms with van der Waals surface area (Å²) in [5.41, 5.74) is 0. The second kappa shape index (κ2) is 6.29. The zero-order valence-corrected chi connectivity index (χ0v) is 8.27. The monoisotopic (exact) mass is 282 g/mol. The van der Waals surface area contributed by atoms with E-state index in [1.807, 2.05) is 0 Å². The quantitative estimate of drug-likeness (QED) is 0.638. The molecule has 0 aromatic heterocycles. The highest BCUT2D eigenvalue weighted by atomic mass is 19.4. The molecular weight excluding hydrogens is 274 g/mol. The van der Waals surface area contributed by atoms with Gasteiger partial charge in [-0.25, -0.2) is 17.6 Å². The van der Waals surface area contributed by atoms with Crippen LogP contribution in [-0.2, 0) is 0 Å². The van der Waals surface area contributed by atoms with Crippen molar-refractivity contribution in [2.45, 2.75) is 44.5 Å². The summed E-state index contributed by atoms with van der Waals surface area (Å²) in [6.45, 7) is 0.237. The Labute approximate surface area is 89.6 Å². The summed E-state index contributed by atoms with van der Waals surface area (Å²) < 4.78 is 110. The molecular formula is C7H8F10. The van der Waals surface area contributed by atoms with Gasteiger partial charge < -0.3 is 0 Å². The lowest BCUT2D eigenvalue weighted by Crippen LogP contribution is -2.21. The third-order valence-corrected chi connectivity index (χ3v) is 0.897. The van der Waals surface area contributed by atoms with E-state index in [-0.39, 0.29) is 6.92 Å². The predicted octanol–water partition coefficient (Wildman–Crippen LogP) is 4.80. The lowest BCUT2D eigenvalue weighted by atomic mass is 10.3. The first-order valence-corrected chi connectivity index (χ1v) is 3.92. The number of hydrogen-bond donors (Lipinski definition) is 0. The summed E-state index contributed by atoms with van der Waals surface area (Å²) in [6.07, 6.45) is -16.8. The fourth-order valence-corrected chi connectivity index (χ4v) is 0.527. The molecule has 0 N–H and O–H groups in total. The van der Waals surface area contributed by atoms with Crippen LogP contribution in [0.1, 0.15) is 19.8 Å². The maximum atomic E-state index is 11.5. The standard InChI is InChI=1S/C4H5F5.C3H3F5/c1-3(5,6)2-4(7,8)9;4-2(5)1-3(6,7)8/h2H2,1H3;2H,1H2. The molecule has 0 aliphatic rings. The van der Waals surface area contributed by atoms with Gasteiger partial charge in [-0.05, 0) is 6.92 Å². The summed E-state index contributed by atoms with van der Waals surface area (Å²) in [4.78, 5) is 0. The minimum Gasteiger partial charge on any atom is -0.210 e. The molecule has 0 saturated carbocycles. The third-order valence-electron chi connectivity index (χ3n) is 0.897. The highest BCUT2D eigenvalue weighted by Crippen LogP contribution is 2.30. The van der Waals surface area contributed by atoms with E-state index in [9.17, 15) is 43.9 Å². The molecule has 10 heteroatoms. The van der Waals surface area contributed by atoms with Gasteiger partial charge in [-0.1, -0.05) is 0 Å². The van der Waals surface area contributed by atoms with E-state index in [4.69, 9.17) is 0 Å². The van der Waals surface area contributed by atoms with Crippen LogP contribution in [0.4, 0.5) is 43.9 Å². The largest absolute Gasteiger partial charge is 0.394 e. The van der Waals surface area contributed by atoms with Crippen LogP contribution in [0.15, 0.2) is 0 Å². The average molecular weight is 282 g/mol. The van der Waals surface area contributed by atoms with Crippen molar-refractivity contribution in [1.82, 2.24) is 0 Å². The van der Waals surface area contributed by atoms with Gasteiger partial charge in [0, 0.05) is 0 Å². The molecule has 0 nitrogen and oxygen atoms in total. The molecule has 0 heterocycles. The molecule has 0 spiro atoms. The number of alkyl halides is 10. The summed E-state index contributed by atoms with van der Waals surface area (Å²) in [5, 5.41) is 0. The van der Waals surface area contributed by atoms with Crippen LogP contribution in [0.25, 0.3) is 0 Å². The highest BCUT2D eigenvalue weighted by Gasteiger charge is 2.39. The topological polar surface area (TPSA) is 0 Å². The van der Waals surface area contributed by atoms with E-state index in [2.05, 4.69) is 0 Å². The van der Waals surface area contributed by atoms with Crippen LogP contribution in [0.2, 0.25) is 0 Å². The Hall–Kier alpha value is -0.700. The van der Waals surface area contributed by atoms with Crippen molar-refractivity contribution in [3.8, 4) is 0 Å². The average Bonchev–Trinajstić information content (AvgIpc) is 1.68. The van der Waals surface area contributed by atoms with Crippen LogP contribution in [0, 0.1) is 0 Å². The minimum absolute atomic E-state index is 0.237. The molecule has 0 bridgehead atoms. The zero-order chi connectivity index (χ0) is 14.5.